The van der Waals surface area contributed by atoms with Gasteiger partial charge in [0.05, 0.1) is 5.69 Å². The number of amides is 2. The van der Waals surface area contributed by atoms with Gasteiger partial charge in [-0.2, -0.15) is 0 Å². The standard InChI is InChI=1S/C18H18FN5O/c1-23(2)18(25)21-13-5-6-15(19)14(7-13)16-10-24-9-12(11-3-4-11)8-20-17(24)22-16/h5-11H,3-4H2,1-2H3,(H,21,25)/i1D3,2D3. The highest BCUT2D eigenvalue weighted by atomic mass is 19.1. The van der Waals surface area contributed by atoms with E-state index in [1.165, 1.54) is 12.1 Å². The van der Waals surface area contributed by atoms with Gasteiger partial charge in [-0.25, -0.2) is 19.2 Å². The van der Waals surface area contributed by atoms with E-state index in [1.807, 2.05) is 6.20 Å². The number of anilines is 1. The molecule has 0 atom stereocenters. The van der Waals surface area contributed by atoms with Gasteiger partial charge >= 0.3 is 6.03 Å². The van der Waals surface area contributed by atoms with Crippen molar-refractivity contribution in [2.75, 3.05) is 19.3 Å². The Morgan fingerprint density at radius 1 is 1.40 bits per heavy atom. The topological polar surface area (TPSA) is 62.5 Å². The lowest BCUT2D eigenvalue weighted by atomic mass is 10.1. The van der Waals surface area contributed by atoms with Gasteiger partial charge in [-0.1, -0.05) is 0 Å². The molecular formula is C18H18FN5O. The van der Waals surface area contributed by atoms with Crippen molar-refractivity contribution in [3.8, 4) is 11.3 Å². The summed E-state index contributed by atoms with van der Waals surface area (Å²) in [6.45, 7) is -6.38. The van der Waals surface area contributed by atoms with Gasteiger partial charge in [0.1, 0.15) is 5.82 Å². The third-order valence-electron chi connectivity index (χ3n) is 4.08. The fourth-order valence-corrected chi connectivity index (χ4v) is 2.64. The van der Waals surface area contributed by atoms with Crippen LogP contribution in [0.3, 0.4) is 0 Å². The van der Waals surface area contributed by atoms with E-state index < -0.39 is 25.8 Å². The molecule has 1 aromatic carbocycles. The minimum atomic E-state index is -3.19. The van der Waals surface area contributed by atoms with E-state index in [0.29, 0.717) is 11.7 Å². The summed E-state index contributed by atoms with van der Waals surface area (Å²) in [5.74, 6) is 0.244. The fourth-order valence-electron chi connectivity index (χ4n) is 2.64. The maximum Gasteiger partial charge on any atom is 0.321 e. The van der Waals surface area contributed by atoms with Crippen LogP contribution in [0.1, 0.15) is 32.5 Å². The minimum absolute atomic E-state index is 0.0172. The van der Waals surface area contributed by atoms with Crippen LogP contribution in [0.25, 0.3) is 17.0 Å². The Morgan fingerprint density at radius 2 is 2.24 bits per heavy atom. The summed E-state index contributed by atoms with van der Waals surface area (Å²) in [6, 6.07) is 2.18. The van der Waals surface area contributed by atoms with Crippen LogP contribution in [0.5, 0.6) is 0 Å². The van der Waals surface area contributed by atoms with Crippen molar-refractivity contribution in [1.82, 2.24) is 19.3 Å². The van der Waals surface area contributed by atoms with Gasteiger partial charge in [-0.15, -0.1) is 0 Å². The number of hydrogen-bond donors (Lipinski definition) is 1. The van der Waals surface area contributed by atoms with Gasteiger partial charge in [0, 0.05) is 52.0 Å². The Labute approximate surface area is 152 Å². The Hall–Kier alpha value is -2.96. The maximum atomic E-state index is 14.5. The van der Waals surface area contributed by atoms with Crippen molar-refractivity contribution in [2.45, 2.75) is 18.8 Å². The molecule has 2 amide bonds. The quantitative estimate of drug-likeness (QED) is 0.790. The highest BCUT2D eigenvalue weighted by molar-refractivity contribution is 5.89. The Balaban J connectivity index is 1.64. The second kappa shape index (κ2) is 5.84. The van der Waals surface area contributed by atoms with E-state index in [0.717, 1.165) is 24.5 Å². The van der Waals surface area contributed by atoms with Crippen LogP contribution in [0.15, 0.2) is 36.8 Å². The average molecular weight is 345 g/mol. The molecule has 1 aliphatic rings. The Morgan fingerprint density at radius 3 is 3.00 bits per heavy atom. The number of rotatable bonds is 3. The number of urea groups is 1. The zero-order valence-electron chi connectivity index (χ0n) is 19.0. The van der Waals surface area contributed by atoms with Crippen molar-refractivity contribution in [2.24, 2.45) is 0 Å². The molecule has 2 heterocycles. The van der Waals surface area contributed by atoms with Crippen molar-refractivity contribution in [3.63, 3.8) is 0 Å². The second-order valence-electron chi connectivity index (χ2n) is 5.96. The van der Waals surface area contributed by atoms with Gasteiger partial charge in [0.25, 0.3) is 0 Å². The van der Waals surface area contributed by atoms with Crippen molar-refractivity contribution < 1.29 is 17.4 Å². The zero-order chi connectivity index (χ0) is 22.6. The fraction of sp³-hybridized carbons (Fsp3) is 0.278. The Kier molecular flexibility index (Phi) is 2.37. The van der Waals surface area contributed by atoms with E-state index in [4.69, 9.17) is 8.22 Å². The molecule has 1 fully saturated rings. The van der Waals surface area contributed by atoms with E-state index in [9.17, 15) is 9.18 Å². The third kappa shape index (κ3) is 3.05. The monoisotopic (exact) mass is 345 g/mol. The molecule has 2 aromatic heterocycles. The number of imidazole rings is 1. The number of hydrogen-bond acceptors (Lipinski definition) is 3. The summed E-state index contributed by atoms with van der Waals surface area (Å²) < 4.78 is 60.1. The number of fused-ring (bicyclic) bond motifs is 1. The lowest BCUT2D eigenvalue weighted by molar-refractivity contribution is 0.230. The number of benzene rings is 1. The highest BCUT2D eigenvalue weighted by Crippen LogP contribution is 2.39. The van der Waals surface area contributed by atoms with E-state index >= 15 is 0 Å². The van der Waals surface area contributed by atoms with Crippen molar-refractivity contribution >= 4 is 17.5 Å². The molecule has 1 saturated carbocycles. The molecule has 3 aromatic rings. The normalized spacial score (nSPS) is 18.4. The van der Waals surface area contributed by atoms with Crippen LogP contribution in [0.2, 0.25) is 0 Å². The first-order valence-corrected chi connectivity index (χ1v) is 7.69. The lowest BCUT2D eigenvalue weighted by Crippen LogP contribution is -2.27. The summed E-state index contributed by atoms with van der Waals surface area (Å²) in [5, 5.41) is 2.21. The molecule has 0 aliphatic heterocycles. The third-order valence-corrected chi connectivity index (χ3v) is 4.08. The number of aromatic nitrogens is 3. The molecule has 128 valence electrons. The average Bonchev–Trinajstić information content (AvgIpc) is 3.39. The highest BCUT2D eigenvalue weighted by Gasteiger charge is 2.24. The first-order valence-electron chi connectivity index (χ1n) is 10.7. The van der Waals surface area contributed by atoms with Crippen molar-refractivity contribution in [1.29, 1.82) is 0 Å². The van der Waals surface area contributed by atoms with Crippen LogP contribution in [-0.2, 0) is 0 Å². The van der Waals surface area contributed by atoms with E-state index in [1.54, 1.807) is 16.8 Å². The minimum Gasteiger partial charge on any atom is -0.331 e. The molecule has 0 spiro atoms. The van der Waals surface area contributed by atoms with Gasteiger partial charge in [0.15, 0.2) is 0 Å². The molecule has 1 aliphatic carbocycles. The first kappa shape index (κ1) is 10.1. The predicted molar refractivity (Wildman–Crippen MR) is 93.1 cm³/mol. The molecule has 7 heteroatoms. The van der Waals surface area contributed by atoms with Crippen LogP contribution in [0.4, 0.5) is 14.9 Å². The van der Waals surface area contributed by atoms with Crippen molar-refractivity contribution in [3.05, 3.63) is 48.2 Å². The summed E-state index contributed by atoms with van der Waals surface area (Å²) in [6.07, 6.45) is 7.46. The molecule has 0 unspecified atom stereocenters. The van der Waals surface area contributed by atoms with Gasteiger partial charge < -0.3 is 10.2 Å². The molecule has 0 saturated heterocycles. The number of carbonyl (C=O) groups is 1. The molecule has 6 nitrogen and oxygen atoms in total. The Bertz CT molecular complexity index is 1140. The molecule has 0 bridgehead atoms. The lowest BCUT2D eigenvalue weighted by Gasteiger charge is -2.12. The summed E-state index contributed by atoms with van der Waals surface area (Å²) in [5.41, 5.74) is 1.40. The van der Waals surface area contributed by atoms with Crippen LogP contribution in [0, 0.1) is 5.82 Å². The van der Waals surface area contributed by atoms with Crippen LogP contribution in [-0.4, -0.2) is 39.3 Å². The van der Waals surface area contributed by atoms with Gasteiger partial charge in [-0.3, -0.25) is 4.40 Å². The summed E-state index contributed by atoms with van der Waals surface area (Å²) >= 11 is 0. The first-order chi connectivity index (χ1) is 14.4. The predicted octanol–water partition coefficient (Wildman–Crippen LogP) is 3.51. The number of halogens is 1. The molecule has 0 radical (unpaired) electrons. The molecule has 1 N–H and O–H groups in total. The van der Waals surface area contributed by atoms with E-state index in [-0.39, 0.29) is 21.8 Å². The van der Waals surface area contributed by atoms with Crippen LogP contribution >= 0.6 is 0 Å². The largest absolute Gasteiger partial charge is 0.331 e. The number of nitrogens with zero attached hydrogens (tertiary/aromatic N) is 4. The molecule has 4 rings (SSSR count). The zero-order valence-corrected chi connectivity index (χ0v) is 13.0. The molecule has 25 heavy (non-hydrogen) atoms. The van der Waals surface area contributed by atoms with Gasteiger partial charge in [-0.05, 0) is 42.5 Å². The van der Waals surface area contributed by atoms with Gasteiger partial charge in [0.2, 0.25) is 5.78 Å². The maximum absolute atomic E-state index is 14.5. The summed E-state index contributed by atoms with van der Waals surface area (Å²) in [4.78, 5) is 20.7. The summed E-state index contributed by atoms with van der Waals surface area (Å²) in [7, 11) is 0. The smallest absolute Gasteiger partial charge is 0.321 e. The second-order valence-corrected chi connectivity index (χ2v) is 5.96. The molecular weight excluding hydrogens is 321 g/mol. The number of nitrogens with one attached hydrogen (secondary N) is 1. The van der Waals surface area contributed by atoms with Crippen LogP contribution < -0.4 is 5.32 Å². The van der Waals surface area contributed by atoms with E-state index in [2.05, 4.69) is 15.3 Å². The number of carbonyl (C=O) groups excluding carboxylic acids is 1. The SMILES string of the molecule is [2H]C([2H])([2H])N(C(=O)Nc1ccc(F)c(-c2cn3cc(C4CC4)cnc3n2)c1)C([2H])([2H])[2H].